The van der Waals surface area contributed by atoms with Crippen molar-refractivity contribution >= 4 is 38.5 Å². The fourth-order valence-corrected chi connectivity index (χ4v) is 4.86. The third-order valence-electron chi connectivity index (χ3n) is 5.51. The lowest BCUT2D eigenvalue weighted by Gasteiger charge is -2.17. The number of nitrogens with one attached hydrogen (secondary N) is 2. The number of amidine groups is 1. The van der Waals surface area contributed by atoms with E-state index >= 15 is 0 Å². The molecule has 0 aromatic heterocycles. The van der Waals surface area contributed by atoms with Gasteiger partial charge in [0.25, 0.3) is 0 Å². The minimum Gasteiger partial charge on any atom is -0.475 e. The van der Waals surface area contributed by atoms with E-state index in [-0.39, 0.29) is 16.6 Å². The van der Waals surface area contributed by atoms with E-state index in [9.17, 15) is 26.4 Å². The van der Waals surface area contributed by atoms with Gasteiger partial charge in [-0.25, -0.2) is 13.2 Å². The smallest absolute Gasteiger partial charge is 0.475 e. The van der Waals surface area contributed by atoms with E-state index in [1.165, 1.54) is 0 Å². The Labute approximate surface area is 210 Å². The lowest BCUT2D eigenvalue weighted by Crippen LogP contribution is -2.41. The molecule has 1 fully saturated rings. The number of halogens is 3. The van der Waals surface area contributed by atoms with Crippen LogP contribution in [0.3, 0.4) is 0 Å². The Balaban J connectivity index is 0.000000479. The van der Waals surface area contributed by atoms with Crippen LogP contribution in [0.15, 0.2) is 71.6 Å². The number of fused-ring (bicyclic) bond motifs is 1. The molecule has 0 bridgehead atoms. The first-order chi connectivity index (χ1) is 17.3. The Morgan fingerprint density at radius 3 is 2.24 bits per heavy atom. The Morgan fingerprint density at radius 1 is 1.08 bits per heavy atom. The van der Waals surface area contributed by atoms with Gasteiger partial charge in [-0.15, -0.1) is 0 Å². The van der Waals surface area contributed by atoms with Gasteiger partial charge in [-0.3, -0.25) is 10.2 Å². The molecule has 9 nitrogen and oxygen atoms in total. The normalized spacial score (nSPS) is 15.8. The number of carbonyl (C=O) groups excluding carboxylic acids is 1. The molecule has 0 aliphatic carbocycles. The average molecular weight is 537 g/mol. The van der Waals surface area contributed by atoms with Crippen molar-refractivity contribution in [2.75, 3.05) is 6.54 Å². The minimum atomic E-state index is -5.08. The van der Waals surface area contributed by atoms with Gasteiger partial charge in [-0.2, -0.15) is 17.9 Å². The van der Waals surface area contributed by atoms with Crippen LogP contribution in [0.4, 0.5) is 13.2 Å². The third kappa shape index (κ3) is 7.05. The molecule has 1 heterocycles. The monoisotopic (exact) mass is 536 g/mol. The summed E-state index contributed by atoms with van der Waals surface area (Å²) in [7, 11) is -3.81. The number of rotatable bonds is 6. The quantitative estimate of drug-likeness (QED) is 0.281. The van der Waals surface area contributed by atoms with Crippen LogP contribution < -0.4 is 10.5 Å². The molecule has 0 spiro atoms. The number of amides is 1. The predicted octanol–water partition coefficient (Wildman–Crippen LogP) is 2.84. The van der Waals surface area contributed by atoms with Crippen LogP contribution in [0.25, 0.3) is 10.8 Å². The molecule has 37 heavy (non-hydrogen) atoms. The predicted molar refractivity (Wildman–Crippen MR) is 129 cm³/mol. The van der Waals surface area contributed by atoms with E-state index in [1.54, 1.807) is 35.2 Å². The number of nitrogen functional groups attached to an aromatic ring is 1. The highest BCUT2D eigenvalue weighted by molar-refractivity contribution is 7.89. The Morgan fingerprint density at radius 2 is 1.68 bits per heavy atom. The van der Waals surface area contributed by atoms with Crippen molar-refractivity contribution in [3.05, 3.63) is 77.9 Å². The number of carboxylic acids is 1. The number of benzene rings is 3. The highest BCUT2D eigenvalue weighted by atomic mass is 32.2. The summed E-state index contributed by atoms with van der Waals surface area (Å²) >= 11 is 0. The zero-order chi connectivity index (χ0) is 27.4. The topological polar surface area (TPSA) is 154 Å². The zero-order valence-corrected chi connectivity index (χ0v) is 20.0. The van der Waals surface area contributed by atoms with E-state index in [1.807, 2.05) is 36.4 Å². The fraction of sp³-hybridized carbons (Fsp3) is 0.208. The van der Waals surface area contributed by atoms with Gasteiger partial charge in [0.05, 0.1) is 4.90 Å². The van der Waals surface area contributed by atoms with E-state index in [4.69, 9.17) is 21.0 Å². The molecule has 0 unspecified atom stereocenters. The van der Waals surface area contributed by atoms with E-state index in [0.717, 1.165) is 16.3 Å². The molecular weight excluding hydrogens is 513 g/mol. The lowest BCUT2D eigenvalue weighted by molar-refractivity contribution is -0.192. The van der Waals surface area contributed by atoms with Crippen LogP contribution in [0, 0.1) is 5.41 Å². The molecule has 13 heteroatoms. The van der Waals surface area contributed by atoms with Crippen LogP contribution >= 0.6 is 0 Å². The largest absolute Gasteiger partial charge is 0.490 e. The summed E-state index contributed by atoms with van der Waals surface area (Å²) in [6.45, 7) is 0.851. The SMILES string of the molecule is N=C(N)c1ccc(CN2CC[C@H](NS(=O)(=O)c3ccc4ccccc4c3)C2=O)cc1.O=C(O)C(F)(F)F. The zero-order valence-electron chi connectivity index (χ0n) is 19.2. The standard InChI is InChI=1S/C22H22N4O3S.C2HF3O2/c23-21(24)17-7-5-15(6-8-17)14-26-12-11-20(22(26)27)25-30(28,29)19-10-9-16-3-1-2-4-18(16)13-19;3-2(4,5)1(6)7/h1-10,13,20,25H,11-12,14H2,(H3,23,24);(H,6,7)/t20-;/m0./s1. The summed E-state index contributed by atoms with van der Waals surface area (Å²) in [5.74, 6) is -3.01. The van der Waals surface area contributed by atoms with Gasteiger partial charge in [0.15, 0.2) is 0 Å². The Bertz CT molecular complexity index is 1430. The third-order valence-corrected chi connectivity index (χ3v) is 6.98. The van der Waals surface area contributed by atoms with Crippen molar-refractivity contribution in [3.63, 3.8) is 0 Å². The number of nitrogens with two attached hydrogens (primary N) is 1. The molecule has 0 radical (unpaired) electrons. The second-order valence-corrected chi connectivity index (χ2v) is 9.86. The van der Waals surface area contributed by atoms with Gasteiger partial charge in [-0.05, 0) is 34.9 Å². The van der Waals surface area contributed by atoms with Crippen molar-refractivity contribution in [2.24, 2.45) is 5.73 Å². The molecule has 1 amide bonds. The van der Waals surface area contributed by atoms with Crippen LogP contribution in [-0.4, -0.2) is 54.9 Å². The summed E-state index contributed by atoms with van der Waals surface area (Å²) in [6.07, 6.45) is -4.67. The number of likely N-dealkylation sites (tertiary alicyclic amines) is 1. The maximum absolute atomic E-state index is 12.8. The number of nitrogens with zero attached hydrogens (tertiary/aromatic N) is 1. The number of sulfonamides is 1. The first-order valence-corrected chi connectivity index (χ1v) is 12.3. The maximum Gasteiger partial charge on any atom is 0.490 e. The minimum absolute atomic E-state index is 0.0121. The number of hydrogen-bond donors (Lipinski definition) is 4. The molecule has 1 atom stereocenters. The number of hydrogen-bond acceptors (Lipinski definition) is 5. The fourth-order valence-electron chi connectivity index (χ4n) is 3.61. The summed E-state index contributed by atoms with van der Waals surface area (Å²) in [5.41, 5.74) is 6.97. The molecule has 4 rings (SSSR count). The molecule has 1 saturated heterocycles. The van der Waals surface area contributed by atoms with Gasteiger partial charge >= 0.3 is 12.1 Å². The number of aliphatic carboxylic acids is 1. The van der Waals surface area contributed by atoms with Crippen molar-refractivity contribution in [1.82, 2.24) is 9.62 Å². The Hall–Kier alpha value is -3.97. The van der Waals surface area contributed by atoms with Crippen molar-refractivity contribution in [1.29, 1.82) is 5.41 Å². The highest BCUT2D eigenvalue weighted by Crippen LogP contribution is 2.21. The lowest BCUT2D eigenvalue weighted by atomic mass is 10.1. The molecular formula is C24H23F3N4O5S. The van der Waals surface area contributed by atoms with Gasteiger partial charge < -0.3 is 15.7 Å². The van der Waals surface area contributed by atoms with Crippen molar-refractivity contribution < 1.29 is 36.3 Å². The van der Waals surface area contributed by atoms with Crippen LogP contribution in [-0.2, 0) is 26.2 Å². The van der Waals surface area contributed by atoms with Gasteiger partial charge in [0.1, 0.15) is 11.9 Å². The van der Waals surface area contributed by atoms with E-state index in [0.29, 0.717) is 25.1 Å². The average Bonchev–Trinajstić information content (AvgIpc) is 3.17. The number of carbonyl (C=O) groups is 2. The summed E-state index contributed by atoms with van der Waals surface area (Å²) < 4.78 is 60.0. The van der Waals surface area contributed by atoms with E-state index < -0.39 is 28.2 Å². The number of alkyl halides is 3. The molecule has 1 aliphatic heterocycles. The van der Waals surface area contributed by atoms with Gasteiger partial charge in [0, 0.05) is 18.7 Å². The summed E-state index contributed by atoms with van der Waals surface area (Å²) in [6, 6.07) is 18.8. The van der Waals surface area contributed by atoms with Gasteiger partial charge in [0.2, 0.25) is 15.9 Å². The van der Waals surface area contributed by atoms with Crippen molar-refractivity contribution in [3.8, 4) is 0 Å². The molecule has 5 N–H and O–H groups in total. The first-order valence-electron chi connectivity index (χ1n) is 10.8. The van der Waals surface area contributed by atoms with Crippen LogP contribution in [0.1, 0.15) is 17.5 Å². The summed E-state index contributed by atoms with van der Waals surface area (Å²) in [5, 5.41) is 16.3. The molecule has 3 aromatic carbocycles. The second-order valence-electron chi connectivity index (χ2n) is 8.14. The molecule has 1 aliphatic rings. The number of carboxylic acid groups (broad SMARTS) is 1. The van der Waals surface area contributed by atoms with Crippen LogP contribution in [0.2, 0.25) is 0 Å². The maximum atomic E-state index is 12.8. The molecule has 196 valence electrons. The summed E-state index contributed by atoms with van der Waals surface area (Å²) in [4.78, 5) is 23.4. The molecule has 0 saturated carbocycles. The van der Waals surface area contributed by atoms with Crippen molar-refractivity contribution in [2.45, 2.75) is 30.1 Å². The highest BCUT2D eigenvalue weighted by Gasteiger charge is 2.38. The Kier molecular flexibility index (Phi) is 8.18. The van der Waals surface area contributed by atoms with Crippen LogP contribution in [0.5, 0.6) is 0 Å². The second kappa shape index (κ2) is 11.0. The first kappa shape index (κ1) is 27.6. The molecule has 3 aromatic rings. The van der Waals surface area contributed by atoms with Gasteiger partial charge in [-0.1, -0.05) is 54.6 Å². The van der Waals surface area contributed by atoms with E-state index in [2.05, 4.69) is 4.72 Å².